The van der Waals surface area contributed by atoms with Crippen molar-refractivity contribution in [2.24, 2.45) is 0 Å². The molecule has 0 unspecified atom stereocenters. The maximum atomic E-state index is 12.6. The van der Waals surface area contributed by atoms with E-state index in [0.29, 0.717) is 17.8 Å². The normalized spacial score (nSPS) is 11.0. The molecule has 2 aromatic carbocycles. The van der Waals surface area contributed by atoms with Crippen molar-refractivity contribution in [3.63, 3.8) is 0 Å². The van der Waals surface area contributed by atoms with Gasteiger partial charge in [0.15, 0.2) is 0 Å². The van der Waals surface area contributed by atoms with Crippen molar-refractivity contribution in [1.82, 2.24) is 0 Å². The van der Waals surface area contributed by atoms with E-state index in [4.69, 9.17) is 11.6 Å². The van der Waals surface area contributed by atoms with Crippen LogP contribution in [0.5, 0.6) is 0 Å². The monoisotopic (exact) mass is 380 g/mol. The van der Waals surface area contributed by atoms with Crippen LogP contribution in [0, 0.1) is 0 Å². The third kappa shape index (κ3) is 4.80. The van der Waals surface area contributed by atoms with Crippen molar-refractivity contribution in [3.8, 4) is 0 Å². The van der Waals surface area contributed by atoms with Gasteiger partial charge in [-0.2, -0.15) is 0 Å². The molecule has 2 N–H and O–H groups in total. The van der Waals surface area contributed by atoms with Crippen LogP contribution in [-0.2, 0) is 19.4 Å². The zero-order valence-corrected chi connectivity index (χ0v) is 15.0. The summed E-state index contributed by atoms with van der Waals surface area (Å²) in [5, 5.41) is 5.19. The molecule has 0 spiro atoms. The van der Waals surface area contributed by atoms with Crippen LogP contribution in [0.3, 0.4) is 0 Å². The Morgan fingerprint density at radius 1 is 0.840 bits per heavy atom. The topological polar surface area (TPSA) is 92.3 Å². The summed E-state index contributed by atoms with van der Waals surface area (Å²) in [4.78, 5) is 22.8. The summed E-state index contributed by atoms with van der Waals surface area (Å²) in [6.45, 7) is 1.73. The van der Waals surface area contributed by atoms with Gasteiger partial charge in [0, 0.05) is 17.8 Å². The predicted octanol–water partition coefficient (Wildman–Crippen LogP) is 3.05. The second-order valence-electron chi connectivity index (χ2n) is 5.14. The fourth-order valence-electron chi connectivity index (χ4n) is 2.01. The van der Waals surface area contributed by atoms with E-state index >= 15 is 0 Å². The number of halogens is 1. The molecule has 0 aliphatic carbocycles. The van der Waals surface area contributed by atoms with E-state index in [-0.39, 0.29) is 27.5 Å². The van der Waals surface area contributed by atoms with Gasteiger partial charge in [0.25, 0.3) is 0 Å². The Morgan fingerprint density at radius 2 is 1.24 bits per heavy atom. The van der Waals surface area contributed by atoms with Crippen molar-refractivity contribution in [2.75, 3.05) is 16.5 Å². The molecule has 0 aliphatic heterocycles. The number of anilines is 2. The van der Waals surface area contributed by atoms with Crippen LogP contribution >= 0.6 is 11.6 Å². The van der Waals surface area contributed by atoms with Crippen molar-refractivity contribution < 1.29 is 18.0 Å². The lowest BCUT2D eigenvalue weighted by Crippen LogP contribution is -2.12. The first kappa shape index (κ1) is 19.0. The van der Waals surface area contributed by atoms with Crippen molar-refractivity contribution in [3.05, 3.63) is 48.5 Å². The summed E-state index contributed by atoms with van der Waals surface area (Å²) in [7, 11) is -3.69. The Morgan fingerprint density at radius 3 is 1.60 bits per heavy atom. The molecule has 2 rings (SSSR count). The zero-order valence-electron chi connectivity index (χ0n) is 13.5. The molecule has 2 aromatic rings. The fraction of sp³-hybridized carbons (Fsp3) is 0.176. The van der Waals surface area contributed by atoms with Crippen LogP contribution < -0.4 is 10.6 Å². The maximum Gasteiger partial charge on any atom is 0.239 e. The van der Waals surface area contributed by atoms with Gasteiger partial charge >= 0.3 is 0 Å². The average Bonchev–Trinajstić information content (AvgIpc) is 2.62. The van der Waals surface area contributed by atoms with Crippen LogP contribution in [0.1, 0.15) is 13.3 Å². The van der Waals surface area contributed by atoms with E-state index in [1.54, 1.807) is 6.92 Å². The van der Waals surface area contributed by atoms with E-state index in [1.165, 1.54) is 48.5 Å². The highest BCUT2D eigenvalue weighted by molar-refractivity contribution is 7.91. The standard InChI is InChI=1S/C17H17ClN2O4S/c1-2-16(21)19-12-3-7-14(8-4-12)25(23,24)15-9-5-13(6-10-15)20-17(22)11-18/h3-10H,2,11H2,1H3,(H,19,21)(H,20,22). The minimum atomic E-state index is -3.69. The highest BCUT2D eigenvalue weighted by atomic mass is 35.5. The summed E-state index contributed by atoms with van der Waals surface area (Å²) in [6.07, 6.45) is 0.340. The van der Waals surface area contributed by atoms with Gasteiger partial charge in [-0.25, -0.2) is 8.42 Å². The Balaban J connectivity index is 2.20. The van der Waals surface area contributed by atoms with Gasteiger partial charge < -0.3 is 10.6 Å². The number of nitrogens with one attached hydrogen (secondary N) is 2. The third-order valence-corrected chi connectivity index (χ3v) is 5.37. The van der Waals surface area contributed by atoms with Gasteiger partial charge in [-0.1, -0.05) is 6.92 Å². The van der Waals surface area contributed by atoms with Crippen LogP contribution in [0.2, 0.25) is 0 Å². The maximum absolute atomic E-state index is 12.6. The summed E-state index contributed by atoms with van der Waals surface area (Å²) in [5.41, 5.74) is 0.993. The summed E-state index contributed by atoms with van der Waals surface area (Å²) < 4.78 is 25.2. The second-order valence-corrected chi connectivity index (χ2v) is 7.35. The van der Waals surface area contributed by atoms with E-state index in [1.807, 2.05) is 0 Å². The van der Waals surface area contributed by atoms with Gasteiger partial charge in [0.1, 0.15) is 5.88 Å². The molecule has 0 saturated carbocycles. The molecule has 0 heterocycles. The number of alkyl halides is 1. The molecule has 0 radical (unpaired) electrons. The first-order valence-electron chi connectivity index (χ1n) is 7.47. The average molecular weight is 381 g/mol. The Kier molecular flexibility index (Phi) is 6.17. The molecular weight excluding hydrogens is 364 g/mol. The molecule has 0 bridgehead atoms. The minimum absolute atomic E-state index is 0.0988. The molecule has 8 heteroatoms. The minimum Gasteiger partial charge on any atom is -0.326 e. The summed E-state index contributed by atoms with van der Waals surface area (Å²) >= 11 is 5.41. The fourth-order valence-corrected chi connectivity index (χ4v) is 3.34. The van der Waals surface area contributed by atoms with Gasteiger partial charge in [-0.05, 0) is 48.5 Å². The van der Waals surface area contributed by atoms with Crippen LogP contribution in [0.25, 0.3) is 0 Å². The largest absolute Gasteiger partial charge is 0.326 e. The van der Waals surface area contributed by atoms with Crippen LogP contribution in [0.4, 0.5) is 11.4 Å². The highest BCUT2D eigenvalue weighted by Crippen LogP contribution is 2.23. The van der Waals surface area contributed by atoms with E-state index in [2.05, 4.69) is 10.6 Å². The van der Waals surface area contributed by atoms with Gasteiger partial charge in [0.2, 0.25) is 21.7 Å². The Hall–Kier alpha value is -2.38. The van der Waals surface area contributed by atoms with E-state index in [9.17, 15) is 18.0 Å². The molecule has 0 atom stereocenters. The Bertz CT molecular complexity index is 795. The number of benzene rings is 2. The zero-order chi connectivity index (χ0) is 18.4. The lowest BCUT2D eigenvalue weighted by molar-refractivity contribution is -0.116. The number of hydrogen-bond acceptors (Lipinski definition) is 4. The number of amides is 2. The second kappa shape index (κ2) is 8.13. The molecule has 0 aliphatic rings. The molecular formula is C17H17ClN2O4S. The predicted molar refractivity (Wildman–Crippen MR) is 96.6 cm³/mol. The number of carbonyl (C=O) groups excluding carboxylic acids is 2. The number of rotatable bonds is 6. The lowest BCUT2D eigenvalue weighted by Gasteiger charge is -2.08. The number of sulfone groups is 1. The van der Waals surface area contributed by atoms with Gasteiger partial charge in [-0.15, -0.1) is 11.6 Å². The molecule has 0 fully saturated rings. The van der Waals surface area contributed by atoms with Crippen molar-refractivity contribution >= 4 is 44.6 Å². The van der Waals surface area contributed by atoms with Crippen molar-refractivity contribution in [1.29, 1.82) is 0 Å². The van der Waals surface area contributed by atoms with E-state index in [0.717, 1.165) is 0 Å². The molecule has 6 nitrogen and oxygen atoms in total. The number of carbonyl (C=O) groups is 2. The van der Waals surface area contributed by atoms with E-state index < -0.39 is 9.84 Å². The summed E-state index contributed by atoms with van der Waals surface area (Å²) in [5.74, 6) is -0.701. The number of hydrogen-bond donors (Lipinski definition) is 2. The van der Waals surface area contributed by atoms with Crippen molar-refractivity contribution in [2.45, 2.75) is 23.1 Å². The van der Waals surface area contributed by atoms with Gasteiger partial charge in [-0.3, -0.25) is 9.59 Å². The highest BCUT2D eigenvalue weighted by Gasteiger charge is 2.17. The molecule has 25 heavy (non-hydrogen) atoms. The SMILES string of the molecule is CCC(=O)Nc1ccc(S(=O)(=O)c2ccc(NC(=O)CCl)cc2)cc1. The smallest absolute Gasteiger partial charge is 0.239 e. The van der Waals surface area contributed by atoms with Crippen LogP contribution in [0.15, 0.2) is 58.3 Å². The first-order valence-corrected chi connectivity index (χ1v) is 9.49. The summed E-state index contributed by atoms with van der Waals surface area (Å²) in [6, 6.07) is 11.7. The molecule has 132 valence electrons. The Labute approximate surface area is 151 Å². The first-order chi connectivity index (χ1) is 11.9. The van der Waals surface area contributed by atoms with Crippen LogP contribution in [-0.4, -0.2) is 26.1 Å². The van der Waals surface area contributed by atoms with Gasteiger partial charge in [0.05, 0.1) is 9.79 Å². The molecule has 2 amide bonds. The lowest BCUT2D eigenvalue weighted by atomic mass is 10.3. The molecule has 0 aromatic heterocycles. The quantitative estimate of drug-likeness (QED) is 0.753. The third-order valence-electron chi connectivity index (χ3n) is 3.34. The molecule has 0 saturated heterocycles.